The molecule has 4 heteroatoms. The van der Waals surface area contributed by atoms with Crippen molar-refractivity contribution in [3.05, 3.63) is 54.1 Å². The highest BCUT2D eigenvalue weighted by molar-refractivity contribution is 5.95. The Kier molecular flexibility index (Phi) is 6.51. The van der Waals surface area contributed by atoms with Gasteiger partial charge in [0.2, 0.25) is 0 Å². The number of ether oxygens (including phenoxy) is 1. The fraction of sp³-hybridized carbons (Fsp3) is 0.435. The molecule has 1 amide bonds. The normalized spacial score (nSPS) is 14.8. The number of benzene rings is 2. The van der Waals surface area contributed by atoms with Gasteiger partial charge in [-0.1, -0.05) is 24.3 Å². The molecular formula is C23H30N2O2. The summed E-state index contributed by atoms with van der Waals surface area (Å²) in [6.07, 6.45) is 3.28. The third-order valence-electron chi connectivity index (χ3n) is 5.39. The van der Waals surface area contributed by atoms with Gasteiger partial charge in [0, 0.05) is 52.2 Å². The number of amides is 1. The Bertz CT molecular complexity index is 749. The van der Waals surface area contributed by atoms with Crippen LogP contribution in [0.5, 0.6) is 0 Å². The van der Waals surface area contributed by atoms with Crippen LogP contribution in [0, 0.1) is 5.92 Å². The van der Waals surface area contributed by atoms with Gasteiger partial charge in [-0.05, 0) is 60.6 Å². The van der Waals surface area contributed by atoms with Crippen molar-refractivity contribution in [1.29, 1.82) is 0 Å². The molecule has 1 heterocycles. The maximum absolute atomic E-state index is 12.8. The fourth-order valence-electron chi connectivity index (χ4n) is 3.52. The number of carbonyl (C=O) groups is 1. The molecule has 1 fully saturated rings. The van der Waals surface area contributed by atoms with E-state index in [2.05, 4.69) is 35.2 Å². The van der Waals surface area contributed by atoms with Crippen LogP contribution in [0.2, 0.25) is 0 Å². The summed E-state index contributed by atoms with van der Waals surface area (Å²) in [5, 5.41) is 0. The van der Waals surface area contributed by atoms with Gasteiger partial charge in [-0.3, -0.25) is 4.79 Å². The minimum Gasteiger partial charge on any atom is -0.381 e. The molecule has 0 spiro atoms. The molecule has 1 aliphatic rings. The van der Waals surface area contributed by atoms with Gasteiger partial charge in [-0.25, -0.2) is 0 Å². The zero-order valence-electron chi connectivity index (χ0n) is 16.6. The summed E-state index contributed by atoms with van der Waals surface area (Å²) < 4.78 is 5.42. The molecular weight excluding hydrogens is 336 g/mol. The van der Waals surface area contributed by atoms with E-state index in [-0.39, 0.29) is 5.91 Å². The molecule has 0 N–H and O–H groups in total. The van der Waals surface area contributed by atoms with Gasteiger partial charge in [0.25, 0.3) is 5.91 Å². The van der Waals surface area contributed by atoms with E-state index < -0.39 is 0 Å². The van der Waals surface area contributed by atoms with Crippen molar-refractivity contribution in [2.75, 3.05) is 45.8 Å². The smallest absolute Gasteiger partial charge is 0.253 e. The first-order chi connectivity index (χ1) is 13.0. The number of rotatable bonds is 6. The van der Waals surface area contributed by atoms with Crippen LogP contribution >= 0.6 is 0 Å². The Morgan fingerprint density at radius 3 is 2.37 bits per heavy atom. The van der Waals surface area contributed by atoms with Gasteiger partial charge < -0.3 is 14.5 Å². The SMILES string of the molecule is CN(CCC1CCOCC1)C(=O)c1cccc(-c2ccc(N(C)C)cc2)c1. The van der Waals surface area contributed by atoms with Crippen molar-refractivity contribution in [3.63, 3.8) is 0 Å². The van der Waals surface area contributed by atoms with E-state index in [1.807, 2.05) is 44.2 Å². The second-order valence-electron chi connectivity index (χ2n) is 7.59. The monoisotopic (exact) mass is 366 g/mol. The van der Waals surface area contributed by atoms with Crippen molar-refractivity contribution in [3.8, 4) is 11.1 Å². The summed E-state index contributed by atoms with van der Waals surface area (Å²) in [5.74, 6) is 0.768. The van der Waals surface area contributed by atoms with Gasteiger partial charge in [-0.15, -0.1) is 0 Å². The molecule has 0 saturated carbocycles. The lowest BCUT2D eigenvalue weighted by Gasteiger charge is -2.25. The zero-order chi connectivity index (χ0) is 19.2. The predicted molar refractivity (Wildman–Crippen MR) is 111 cm³/mol. The summed E-state index contributed by atoms with van der Waals surface area (Å²) in [7, 11) is 5.97. The lowest BCUT2D eigenvalue weighted by Crippen LogP contribution is -2.30. The lowest BCUT2D eigenvalue weighted by atomic mass is 9.96. The Morgan fingerprint density at radius 2 is 1.70 bits per heavy atom. The van der Waals surface area contributed by atoms with E-state index in [0.29, 0.717) is 5.92 Å². The Balaban J connectivity index is 1.65. The van der Waals surface area contributed by atoms with E-state index >= 15 is 0 Å². The fourth-order valence-corrected chi connectivity index (χ4v) is 3.52. The first-order valence-electron chi connectivity index (χ1n) is 9.75. The van der Waals surface area contributed by atoms with Crippen molar-refractivity contribution in [2.45, 2.75) is 19.3 Å². The van der Waals surface area contributed by atoms with Crippen LogP contribution in [0.25, 0.3) is 11.1 Å². The van der Waals surface area contributed by atoms with Crippen LogP contribution in [0.4, 0.5) is 5.69 Å². The van der Waals surface area contributed by atoms with Crippen LogP contribution < -0.4 is 4.90 Å². The second kappa shape index (κ2) is 9.05. The van der Waals surface area contributed by atoms with E-state index in [0.717, 1.165) is 55.7 Å². The minimum absolute atomic E-state index is 0.0915. The van der Waals surface area contributed by atoms with Gasteiger partial charge in [-0.2, -0.15) is 0 Å². The molecule has 2 aromatic carbocycles. The van der Waals surface area contributed by atoms with Gasteiger partial charge >= 0.3 is 0 Å². The van der Waals surface area contributed by atoms with Crippen LogP contribution in [-0.2, 0) is 4.74 Å². The first kappa shape index (κ1) is 19.4. The molecule has 1 saturated heterocycles. The quantitative estimate of drug-likeness (QED) is 0.764. The van der Waals surface area contributed by atoms with E-state index in [9.17, 15) is 4.79 Å². The van der Waals surface area contributed by atoms with E-state index in [1.54, 1.807) is 0 Å². The second-order valence-corrected chi connectivity index (χ2v) is 7.59. The van der Waals surface area contributed by atoms with Crippen LogP contribution in [0.1, 0.15) is 29.6 Å². The average Bonchev–Trinajstić information content (AvgIpc) is 2.72. The van der Waals surface area contributed by atoms with Crippen molar-refractivity contribution in [2.24, 2.45) is 5.92 Å². The average molecular weight is 367 g/mol. The van der Waals surface area contributed by atoms with Crippen LogP contribution in [0.3, 0.4) is 0 Å². The Hall–Kier alpha value is -2.33. The van der Waals surface area contributed by atoms with Crippen LogP contribution in [-0.4, -0.2) is 51.7 Å². The molecule has 0 bridgehead atoms. The van der Waals surface area contributed by atoms with Crippen LogP contribution in [0.15, 0.2) is 48.5 Å². The molecule has 0 radical (unpaired) electrons. The summed E-state index contributed by atoms with van der Waals surface area (Å²) in [6, 6.07) is 16.3. The highest BCUT2D eigenvalue weighted by atomic mass is 16.5. The van der Waals surface area contributed by atoms with Gasteiger partial charge in [0.1, 0.15) is 0 Å². The van der Waals surface area contributed by atoms with Gasteiger partial charge in [0.05, 0.1) is 0 Å². The minimum atomic E-state index is 0.0915. The molecule has 0 unspecified atom stereocenters. The molecule has 2 aromatic rings. The standard InChI is InChI=1S/C23H30N2O2/c1-24(2)22-9-7-19(8-10-22)20-5-4-6-21(17-20)23(26)25(3)14-11-18-12-15-27-16-13-18/h4-10,17-18H,11-16H2,1-3H3. The topological polar surface area (TPSA) is 32.8 Å². The summed E-state index contributed by atoms with van der Waals surface area (Å²) in [6.45, 7) is 2.51. The van der Waals surface area contributed by atoms with Gasteiger partial charge in [0.15, 0.2) is 0 Å². The number of carbonyl (C=O) groups excluding carboxylic acids is 1. The largest absolute Gasteiger partial charge is 0.381 e. The molecule has 0 aliphatic carbocycles. The van der Waals surface area contributed by atoms with E-state index in [1.165, 1.54) is 5.69 Å². The molecule has 144 valence electrons. The Labute approximate surface area is 162 Å². The highest BCUT2D eigenvalue weighted by Gasteiger charge is 2.17. The van der Waals surface area contributed by atoms with Crippen molar-refractivity contribution in [1.82, 2.24) is 4.90 Å². The molecule has 1 aliphatic heterocycles. The summed E-state index contributed by atoms with van der Waals surface area (Å²) in [5.41, 5.74) is 4.11. The third kappa shape index (κ3) is 5.10. The number of hydrogen-bond donors (Lipinski definition) is 0. The van der Waals surface area contributed by atoms with Crippen molar-refractivity contribution < 1.29 is 9.53 Å². The van der Waals surface area contributed by atoms with Crippen molar-refractivity contribution >= 4 is 11.6 Å². The molecule has 0 atom stereocenters. The number of anilines is 1. The summed E-state index contributed by atoms with van der Waals surface area (Å²) in [4.78, 5) is 16.8. The highest BCUT2D eigenvalue weighted by Crippen LogP contribution is 2.24. The molecule has 0 aromatic heterocycles. The number of hydrogen-bond acceptors (Lipinski definition) is 3. The predicted octanol–water partition coefficient (Wildman–Crippen LogP) is 4.31. The molecule has 27 heavy (non-hydrogen) atoms. The third-order valence-corrected chi connectivity index (χ3v) is 5.39. The maximum Gasteiger partial charge on any atom is 0.253 e. The lowest BCUT2D eigenvalue weighted by molar-refractivity contribution is 0.0583. The molecule has 3 rings (SSSR count). The zero-order valence-corrected chi connectivity index (χ0v) is 16.6. The maximum atomic E-state index is 12.8. The summed E-state index contributed by atoms with van der Waals surface area (Å²) >= 11 is 0. The first-order valence-corrected chi connectivity index (χ1v) is 9.75. The number of nitrogens with zero attached hydrogens (tertiary/aromatic N) is 2. The Morgan fingerprint density at radius 1 is 1.00 bits per heavy atom. The van der Waals surface area contributed by atoms with E-state index in [4.69, 9.17) is 4.74 Å². The molecule has 4 nitrogen and oxygen atoms in total.